The summed E-state index contributed by atoms with van der Waals surface area (Å²) in [5.41, 5.74) is 7.84. The third-order valence-corrected chi connectivity index (χ3v) is 3.77. The second kappa shape index (κ2) is 5.12. The Bertz CT molecular complexity index is 856. The van der Waals surface area contributed by atoms with Crippen LogP contribution in [0.1, 0.15) is 10.4 Å². The van der Waals surface area contributed by atoms with Gasteiger partial charge in [-0.2, -0.15) is 0 Å². The van der Waals surface area contributed by atoms with Gasteiger partial charge >= 0.3 is 0 Å². The fourth-order valence-corrected chi connectivity index (χ4v) is 2.40. The Labute approximate surface area is 122 Å². The van der Waals surface area contributed by atoms with Crippen LogP contribution in [0.4, 0.5) is 0 Å². The molecule has 2 aromatic carbocycles. The standard InChI is InChI=1S/C14H11N3O3S/c15-13(18)9-3-6-11-12(7-9)17-14(16-11)8-1-4-10(5-2-8)21(19)20/h1-7H,(H2,15,18)(H,16,17)(H,19,20). The van der Waals surface area contributed by atoms with Crippen LogP contribution in [-0.4, -0.2) is 24.6 Å². The van der Waals surface area contributed by atoms with Gasteiger partial charge in [-0.15, -0.1) is 0 Å². The molecule has 3 rings (SSSR count). The molecule has 0 fully saturated rings. The number of hydrogen-bond acceptors (Lipinski definition) is 3. The zero-order valence-electron chi connectivity index (χ0n) is 10.7. The number of carbonyl (C=O) groups is 1. The summed E-state index contributed by atoms with van der Waals surface area (Å²) in [4.78, 5) is 19.0. The molecule has 1 unspecified atom stereocenters. The molecule has 0 aliphatic heterocycles. The quantitative estimate of drug-likeness (QED) is 0.642. The van der Waals surface area contributed by atoms with Crippen molar-refractivity contribution in [2.75, 3.05) is 0 Å². The fourth-order valence-electron chi connectivity index (χ4n) is 2.03. The molecule has 4 N–H and O–H groups in total. The summed E-state index contributed by atoms with van der Waals surface area (Å²) in [6.07, 6.45) is 0. The van der Waals surface area contributed by atoms with E-state index < -0.39 is 17.0 Å². The largest absolute Gasteiger partial charge is 0.366 e. The number of nitrogens with one attached hydrogen (secondary N) is 1. The molecule has 0 radical (unpaired) electrons. The van der Waals surface area contributed by atoms with Crippen LogP contribution in [-0.2, 0) is 11.1 Å². The first-order valence-electron chi connectivity index (χ1n) is 6.05. The Hall–Kier alpha value is -2.51. The summed E-state index contributed by atoms with van der Waals surface area (Å²) in [6, 6.07) is 11.5. The molecule has 0 saturated carbocycles. The topological polar surface area (TPSA) is 109 Å². The van der Waals surface area contributed by atoms with E-state index in [1.807, 2.05) is 0 Å². The Morgan fingerprint density at radius 1 is 1.19 bits per heavy atom. The SMILES string of the molecule is NC(=O)c1ccc2nc(-c3ccc(S(=O)O)cc3)[nH]c2c1. The first-order valence-corrected chi connectivity index (χ1v) is 7.16. The second-order valence-electron chi connectivity index (χ2n) is 4.46. The van der Waals surface area contributed by atoms with Crippen molar-refractivity contribution in [2.24, 2.45) is 5.73 Å². The highest BCUT2D eigenvalue weighted by Crippen LogP contribution is 2.22. The van der Waals surface area contributed by atoms with Gasteiger partial charge in [-0.3, -0.25) is 4.79 Å². The third kappa shape index (κ3) is 2.56. The predicted octanol–water partition coefficient (Wildman–Crippen LogP) is 1.91. The van der Waals surface area contributed by atoms with Crippen LogP contribution in [0.25, 0.3) is 22.4 Å². The van der Waals surface area contributed by atoms with Crippen molar-refractivity contribution < 1.29 is 13.6 Å². The summed E-state index contributed by atoms with van der Waals surface area (Å²) in [5, 5.41) is 0. The van der Waals surface area contributed by atoms with Gasteiger partial charge in [-0.05, 0) is 42.5 Å². The average Bonchev–Trinajstić information content (AvgIpc) is 2.90. The van der Waals surface area contributed by atoms with Gasteiger partial charge in [0.15, 0.2) is 11.1 Å². The van der Waals surface area contributed by atoms with E-state index in [0.717, 1.165) is 5.56 Å². The summed E-state index contributed by atoms with van der Waals surface area (Å²) in [6.45, 7) is 0. The van der Waals surface area contributed by atoms with E-state index in [9.17, 15) is 9.00 Å². The molecular weight excluding hydrogens is 290 g/mol. The number of primary amides is 1. The number of benzene rings is 2. The molecule has 7 heteroatoms. The monoisotopic (exact) mass is 301 g/mol. The summed E-state index contributed by atoms with van der Waals surface area (Å²) >= 11 is -2.00. The van der Waals surface area contributed by atoms with Crippen molar-refractivity contribution in [3.63, 3.8) is 0 Å². The van der Waals surface area contributed by atoms with Gasteiger partial charge in [0, 0.05) is 11.1 Å². The van der Waals surface area contributed by atoms with Crippen LogP contribution in [0.5, 0.6) is 0 Å². The summed E-state index contributed by atoms with van der Waals surface area (Å²) in [5.74, 6) is 0.115. The number of aromatic amines is 1. The highest BCUT2D eigenvalue weighted by molar-refractivity contribution is 7.79. The number of rotatable bonds is 3. The Balaban J connectivity index is 2.04. The first kappa shape index (κ1) is 13.5. The van der Waals surface area contributed by atoms with Gasteiger partial charge in [0.25, 0.3) is 0 Å². The second-order valence-corrected chi connectivity index (χ2v) is 5.42. The maximum Gasteiger partial charge on any atom is 0.248 e. The van der Waals surface area contributed by atoms with E-state index in [0.29, 0.717) is 27.3 Å². The highest BCUT2D eigenvalue weighted by Gasteiger charge is 2.08. The maximum absolute atomic E-state index is 11.2. The number of amides is 1. The lowest BCUT2D eigenvalue weighted by Crippen LogP contribution is -2.10. The zero-order chi connectivity index (χ0) is 15.0. The van der Waals surface area contributed by atoms with Crippen molar-refractivity contribution in [2.45, 2.75) is 4.90 Å². The summed E-state index contributed by atoms with van der Waals surface area (Å²) in [7, 11) is 0. The van der Waals surface area contributed by atoms with Gasteiger partial charge in [0.1, 0.15) is 5.82 Å². The van der Waals surface area contributed by atoms with E-state index in [1.165, 1.54) is 0 Å². The van der Waals surface area contributed by atoms with Crippen LogP contribution >= 0.6 is 0 Å². The van der Waals surface area contributed by atoms with E-state index in [-0.39, 0.29) is 0 Å². The van der Waals surface area contributed by atoms with Crippen LogP contribution in [0.3, 0.4) is 0 Å². The van der Waals surface area contributed by atoms with Crippen LogP contribution in [0.15, 0.2) is 47.4 Å². The van der Waals surface area contributed by atoms with Crippen LogP contribution < -0.4 is 5.73 Å². The highest BCUT2D eigenvalue weighted by atomic mass is 32.2. The van der Waals surface area contributed by atoms with Crippen molar-refractivity contribution in [1.82, 2.24) is 9.97 Å². The van der Waals surface area contributed by atoms with Gasteiger partial charge in [0.2, 0.25) is 5.91 Å². The molecule has 3 aromatic rings. The molecular formula is C14H11N3O3S. The number of imidazole rings is 1. The number of nitrogens with two attached hydrogens (primary N) is 1. The average molecular weight is 301 g/mol. The molecule has 21 heavy (non-hydrogen) atoms. The number of carbonyl (C=O) groups excluding carboxylic acids is 1. The normalized spacial score (nSPS) is 12.4. The number of aromatic nitrogens is 2. The molecule has 0 saturated heterocycles. The van der Waals surface area contributed by atoms with Gasteiger partial charge in [-0.1, -0.05) is 0 Å². The van der Waals surface area contributed by atoms with Crippen LogP contribution in [0, 0.1) is 0 Å². The molecule has 0 aliphatic rings. The summed E-state index contributed by atoms with van der Waals surface area (Å²) < 4.78 is 19.9. The van der Waals surface area contributed by atoms with E-state index >= 15 is 0 Å². The van der Waals surface area contributed by atoms with Gasteiger partial charge < -0.3 is 15.3 Å². The van der Waals surface area contributed by atoms with Crippen molar-refractivity contribution >= 4 is 28.0 Å². The molecule has 0 bridgehead atoms. The predicted molar refractivity (Wildman–Crippen MR) is 79.1 cm³/mol. The van der Waals surface area contributed by atoms with Gasteiger partial charge in [0.05, 0.1) is 15.9 Å². The number of fused-ring (bicyclic) bond motifs is 1. The fraction of sp³-hybridized carbons (Fsp3) is 0. The molecule has 1 atom stereocenters. The molecule has 0 aliphatic carbocycles. The van der Waals surface area contributed by atoms with E-state index in [4.69, 9.17) is 10.3 Å². The molecule has 1 amide bonds. The molecule has 106 valence electrons. The molecule has 6 nitrogen and oxygen atoms in total. The number of nitrogens with zero attached hydrogens (tertiary/aromatic N) is 1. The minimum absolute atomic E-state index is 0.325. The molecule has 1 aromatic heterocycles. The zero-order valence-corrected chi connectivity index (χ0v) is 11.6. The molecule has 1 heterocycles. The lowest BCUT2D eigenvalue weighted by atomic mass is 10.2. The van der Waals surface area contributed by atoms with Crippen molar-refractivity contribution in [3.05, 3.63) is 48.0 Å². The smallest absolute Gasteiger partial charge is 0.248 e. The lowest BCUT2D eigenvalue weighted by Gasteiger charge is -1.98. The van der Waals surface area contributed by atoms with Crippen molar-refractivity contribution in [1.29, 1.82) is 0 Å². The Morgan fingerprint density at radius 3 is 2.52 bits per heavy atom. The number of H-pyrrole nitrogens is 1. The Kier molecular flexibility index (Phi) is 3.28. The third-order valence-electron chi connectivity index (χ3n) is 3.10. The Morgan fingerprint density at radius 2 is 1.90 bits per heavy atom. The van der Waals surface area contributed by atoms with Crippen molar-refractivity contribution in [3.8, 4) is 11.4 Å². The van der Waals surface area contributed by atoms with E-state index in [2.05, 4.69) is 9.97 Å². The molecule has 0 spiro atoms. The van der Waals surface area contributed by atoms with Crippen LogP contribution in [0.2, 0.25) is 0 Å². The minimum atomic E-state index is -2.00. The maximum atomic E-state index is 11.2. The van der Waals surface area contributed by atoms with E-state index in [1.54, 1.807) is 42.5 Å². The lowest BCUT2D eigenvalue weighted by molar-refractivity contribution is 0.100. The number of hydrogen-bond donors (Lipinski definition) is 3. The van der Waals surface area contributed by atoms with Gasteiger partial charge in [-0.25, -0.2) is 9.19 Å². The minimum Gasteiger partial charge on any atom is -0.366 e. The first-order chi connectivity index (χ1) is 10.0.